The van der Waals surface area contributed by atoms with Gasteiger partial charge in [0, 0.05) is 6.04 Å². The first-order valence-corrected chi connectivity index (χ1v) is 6.42. The van der Waals surface area contributed by atoms with Gasteiger partial charge in [0.1, 0.15) is 5.75 Å². The van der Waals surface area contributed by atoms with Crippen LogP contribution < -0.4 is 10.1 Å². The van der Waals surface area contributed by atoms with Gasteiger partial charge in [-0.2, -0.15) is 0 Å². The van der Waals surface area contributed by atoms with E-state index in [0.717, 1.165) is 12.4 Å². The van der Waals surface area contributed by atoms with Gasteiger partial charge in [0.25, 0.3) is 0 Å². The van der Waals surface area contributed by atoms with E-state index in [1.165, 1.54) is 5.56 Å². The summed E-state index contributed by atoms with van der Waals surface area (Å²) in [6, 6.07) is 8.70. The molecule has 96 valence electrons. The Hall–Kier alpha value is -1.02. The van der Waals surface area contributed by atoms with Crippen LogP contribution >= 0.6 is 0 Å². The molecule has 0 aromatic heterocycles. The topological polar surface area (TPSA) is 21.3 Å². The van der Waals surface area contributed by atoms with Gasteiger partial charge >= 0.3 is 0 Å². The second kappa shape index (κ2) is 6.65. The predicted molar refractivity (Wildman–Crippen MR) is 73.5 cm³/mol. The van der Waals surface area contributed by atoms with Crippen molar-refractivity contribution in [2.45, 2.75) is 33.7 Å². The molecule has 0 bridgehead atoms. The van der Waals surface area contributed by atoms with Gasteiger partial charge in [0.2, 0.25) is 0 Å². The van der Waals surface area contributed by atoms with Crippen molar-refractivity contribution in [2.75, 3.05) is 13.7 Å². The summed E-state index contributed by atoms with van der Waals surface area (Å²) in [5.74, 6) is 2.14. The van der Waals surface area contributed by atoms with Crippen LogP contribution in [0.25, 0.3) is 0 Å². The molecule has 2 heteroatoms. The molecule has 0 saturated carbocycles. The van der Waals surface area contributed by atoms with Gasteiger partial charge in [-0.1, -0.05) is 32.0 Å². The highest BCUT2D eigenvalue weighted by atomic mass is 16.5. The Balaban J connectivity index is 2.48. The molecule has 0 aliphatic heterocycles. The first-order valence-electron chi connectivity index (χ1n) is 6.42. The molecule has 1 aromatic rings. The van der Waals surface area contributed by atoms with Gasteiger partial charge in [0.05, 0.1) is 6.61 Å². The summed E-state index contributed by atoms with van der Waals surface area (Å²) >= 11 is 0. The fourth-order valence-electron chi connectivity index (χ4n) is 1.85. The maximum Gasteiger partial charge on any atom is 0.122 e. The maximum absolute atomic E-state index is 5.89. The van der Waals surface area contributed by atoms with Crippen molar-refractivity contribution in [3.8, 4) is 5.75 Å². The average molecular weight is 235 g/mol. The van der Waals surface area contributed by atoms with Crippen LogP contribution in [0.5, 0.6) is 5.75 Å². The van der Waals surface area contributed by atoms with Crippen molar-refractivity contribution < 1.29 is 4.74 Å². The van der Waals surface area contributed by atoms with Crippen LogP contribution in [0.3, 0.4) is 0 Å². The number of aryl methyl sites for hydroxylation is 1. The highest BCUT2D eigenvalue weighted by Crippen LogP contribution is 2.20. The summed E-state index contributed by atoms with van der Waals surface area (Å²) in [6.07, 6.45) is 0. The van der Waals surface area contributed by atoms with E-state index in [0.29, 0.717) is 17.9 Å². The number of hydrogen-bond donors (Lipinski definition) is 1. The minimum Gasteiger partial charge on any atom is -0.493 e. The number of para-hydroxylation sites is 1. The van der Waals surface area contributed by atoms with Crippen molar-refractivity contribution in [3.05, 3.63) is 29.8 Å². The third-order valence-corrected chi connectivity index (χ3v) is 3.74. The molecule has 1 N–H and O–H groups in total. The largest absolute Gasteiger partial charge is 0.493 e. The fourth-order valence-corrected chi connectivity index (χ4v) is 1.85. The average Bonchev–Trinajstić information content (AvgIpc) is 2.35. The first-order chi connectivity index (χ1) is 8.06. The standard InChI is InChI=1S/C15H25NO/c1-11-8-6-7-9-15(11)17-10-12(2)13(3)14(4)16-5/h6-9,12-14,16H,10H2,1-5H3. The highest BCUT2D eigenvalue weighted by molar-refractivity contribution is 5.31. The number of ether oxygens (including phenoxy) is 1. The number of benzene rings is 1. The molecule has 17 heavy (non-hydrogen) atoms. The normalized spacial score (nSPS) is 16.3. The smallest absolute Gasteiger partial charge is 0.122 e. The Morgan fingerprint density at radius 3 is 2.41 bits per heavy atom. The van der Waals surface area contributed by atoms with E-state index >= 15 is 0 Å². The summed E-state index contributed by atoms with van der Waals surface area (Å²) in [6.45, 7) is 9.59. The van der Waals surface area contributed by atoms with Gasteiger partial charge in [-0.25, -0.2) is 0 Å². The summed E-state index contributed by atoms with van der Waals surface area (Å²) in [7, 11) is 2.01. The van der Waals surface area contributed by atoms with Gasteiger partial charge in [-0.3, -0.25) is 0 Å². The molecule has 0 radical (unpaired) electrons. The lowest BCUT2D eigenvalue weighted by Crippen LogP contribution is -2.34. The quantitative estimate of drug-likeness (QED) is 0.817. The molecule has 0 heterocycles. The Bertz CT molecular complexity index is 337. The molecule has 1 aromatic carbocycles. The third-order valence-electron chi connectivity index (χ3n) is 3.74. The Morgan fingerprint density at radius 1 is 1.18 bits per heavy atom. The molecule has 0 aliphatic carbocycles. The summed E-state index contributed by atoms with van der Waals surface area (Å²) in [4.78, 5) is 0. The lowest BCUT2D eigenvalue weighted by Gasteiger charge is -2.26. The SMILES string of the molecule is CNC(C)C(C)C(C)COc1ccccc1C. The van der Waals surface area contributed by atoms with E-state index in [9.17, 15) is 0 Å². The number of nitrogens with one attached hydrogen (secondary N) is 1. The van der Waals surface area contributed by atoms with Crippen molar-refractivity contribution in [1.82, 2.24) is 5.32 Å². The Labute approximate surface area is 105 Å². The van der Waals surface area contributed by atoms with Gasteiger partial charge < -0.3 is 10.1 Å². The molecule has 3 unspecified atom stereocenters. The van der Waals surface area contributed by atoms with Crippen LogP contribution in [0.4, 0.5) is 0 Å². The molecule has 1 rings (SSSR count). The van der Waals surface area contributed by atoms with E-state index in [2.05, 4.69) is 39.1 Å². The van der Waals surface area contributed by atoms with Crippen molar-refractivity contribution in [1.29, 1.82) is 0 Å². The lowest BCUT2D eigenvalue weighted by atomic mass is 9.90. The predicted octanol–water partition coefficient (Wildman–Crippen LogP) is 3.25. The van der Waals surface area contributed by atoms with Crippen molar-refractivity contribution in [3.63, 3.8) is 0 Å². The summed E-state index contributed by atoms with van der Waals surface area (Å²) in [5, 5.41) is 3.30. The van der Waals surface area contributed by atoms with Gasteiger partial charge in [0.15, 0.2) is 0 Å². The van der Waals surface area contributed by atoms with Crippen LogP contribution in [-0.2, 0) is 0 Å². The second-order valence-corrected chi connectivity index (χ2v) is 4.99. The van der Waals surface area contributed by atoms with E-state index in [-0.39, 0.29) is 0 Å². The van der Waals surface area contributed by atoms with E-state index in [1.54, 1.807) is 0 Å². The van der Waals surface area contributed by atoms with Crippen LogP contribution in [0.15, 0.2) is 24.3 Å². The molecule has 0 amide bonds. The van der Waals surface area contributed by atoms with Crippen LogP contribution in [-0.4, -0.2) is 19.7 Å². The third kappa shape index (κ3) is 4.04. The second-order valence-electron chi connectivity index (χ2n) is 4.99. The van der Waals surface area contributed by atoms with Crippen LogP contribution in [0.1, 0.15) is 26.3 Å². The fraction of sp³-hybridized carbons (Fsp3) is 0.600. The minimum absolute atomic E-state index is 0.519. The van der Waals surface area contributed by atoms with Gasteiger partial charge in [-0.05, 0) is 44.4 Å². The molecule has 0 aliphatic rings. The monoisotopic (exact) mass is 235 g/mol. The first kappa shape index (κ1) is 14.0. The van der Waals surface area contributed by atoms with E-state index in [1.807, 2.05) is 25.2 Å². The van der Waals surface area contributed by atoms with E-state index < -0.39 is 0 Å². The summed E-state index contributed by atoms with van der Waals surface area (Å²) in [5.41, 5.74) is 1.20. The van der Waals surface area contributed by atoms with Crippen LogP contribution in [0, 0.1) is 18.8 Å². The van der Waals surface area contributed by atoms with Crippen LogP contribution in [0.2, 0.25) is 0 Å². The zero-order chi connectivity index (χ0) is 12.8. The van der Waals surface area contributed by atoms with E-state index in [4.69, 9.17) is 4.74 Å². The Morgan fingerprint density at radius 2 is 1.82 bits per heavy atom. The molecule has 3 atom stereocenters. The molecule has 0 saturated heterocycles. The number of hydrogen-bond acceptors (Lipinski definition) is 2. The zero-order valence-corrected chi connectivity index (χ0v) is 11.7. The molecule has 0 spiro atoms. The molecule has 0 fully saturated rings. The lowest BCUT2D eigenvalue weighted by molar-refractivity contribution is 0.193. The molecule has 2 nitrogen and oxygen atoms in total. The highest BCUT2D eigenvalue weighted by Gasteiger charge is 2.18. The summed E-state index contributed by atoms with van der Waals surface area (Å²) < 4.78 is 5.89. The Kier molecular flexibility index (Phi) is 5.49. The number of rotatable bonds is 6. The van der Waals surface area contributed by atoms with Gasteiger partial charge in [-0.15, -0.1) is 0 Å². The van der Waals surface area contributed by atoms with Crippen molar-refractivity contribution in [2.24, 2.45) is 11.8 Å². The molecular weight excluding hydrogens is 210 g/mol. The van der Waals surface area contributed by atoms with Crippen molar-refractivity contribution >= 4 is 0 Å². The molecular formula is C15H25NO. The minimum atomic E-state index is 0.519. The maximum atomic E-state index is 5.89. The zero-order valence-electron chi connectivity index (χ0n) is 11.7.